The van der Waals surface area contributed by atoms with Gasteiger partial charge in [-0.25, -0.2) is 4.79 Å². The predicted octanol–water partition coefficient (Wildman–Crippen LogP) is 4.50. The first-order valence-electron chi connectivity index (χ1n) is 9.58. The highest BCUT2D eigenvalue weighted by molar-refractivity contribution is 5.68. The summed E-state index contributed by atoms with van der Waals surface area (Å²) in [6.45, 7) is 2.56. The third kappa shape index (κ3) is 6.44. The van der Waals surface area contributed by atoms with Gasteiger partial charge in [-0.1, -0.05) is 42.5 Å². The summed E-state index contributed by atoms with van der Waals surface area (Å²) in [5.41, 5.74) is 1.63. The second-order valence-electron chi connectivity index (χ2n) is 6.52. The Hall–Kier alpha value is -3.67. The van der Waals surface area contributed by atoms with Crippen LogP contribution in [-0.2, 0) is 11.4 Å². The van der Waals surface area contributed by atoms with E-state index in [0.717, 1.165) is 16.9 Å². The molecular weight excluding hydrogens is 384 g/mol. The van der Waals surface area contributed by atoms with Crippen molar-refractivity contribution in [2.45, 2.75) is 13.5 Å². The molecule has 0 fully saturated rings. The Morgan fingerprint density at radius 1 is 0.767 bits per heavy atom. The summed E-state index contributed by atoms with van der Waals surface area (Å²) in [4.78, 5) is 10.8. The Morgan fingerprint density at radius 2 is 1.40 bits per heavy atom. The van der Waals surface area contributed by atoms with Crippen LogP contribution in [0.3, 0.4) is 0 Å². The van der Waals surface area contributed by atoms with E-state index in [9.17, 15) is 4.79 Å². The molecule has 0 aliphatic rings. The lowest BCUT2D eigenvalue weighted by molar-refractivity contribution is -0.139. The molecule has 0 radical (unpaired) electrons. The first-order valence-corrected chi connectivity index (χ1v) is 9.58. The number of para-hydroxylation sites is 2. The SMILES string of the molecule is Cc1cccc(COc2cccc(OCCOc3ccccc3)c2)c1OCC(=O)O. The Balaban J connectivity index is 1.53. The van der Waals surface area contributed by atoms with Gasteiger partial charge >= 0.3 is 5.97 Å². The van der Waals surface area contributed by atoms with Gasteiger partial charge in [0.1, 0.15) is 42.8 Å². The molecule has 0 heterocycles. The molecular formula is C24H24O6. The highest BCUT2D eigenvalue weighted by Crippen LogP contribution is 2.26. The molecule has 6 heteroatoms. The Kier molecular flexibility index (Phi) is 7.55. The minimum Gasteiger partial charge on any atom is -0.490 e. The average molecular weight is 408 g/mol. The van der Waals surface area contributed by atoms with Crippen LogP contribution in [0.5, 0.6) is 23.0 Å². The summed E-state index contributed by atoms with van der Waals surface area (Å²) < 4.78 is 22.6. The van der Waals surface area contributed by atoms with Crippen molar-refractivity contribution in [2.75, 3.05) is 19.8 Å². The molecule has 0 unspecified atom stereocenters. The summed E-state index contributed by atoms with van der Waals surface area (Å²) in [5, 5.41) is 8.87. The summed E-state index contributed by atoms with van der Waals surface area (Å²) in [7, 11) is 0. The quantitative estimate of drug-likeness (QED) is 0.471. The molecule has 0 bridgehead atoms. The number of carboxylic acids is 1. The molecule has 6 nitrogen and oxygen atoms in total. The van der Waals surface area contributed by atoms with Crippen LogP contribution in [0.15, 0.2) is 72.8 Å². The van der Waals surface area contributed by atoms with Crippen molar-refractivity contribution < 1.29 is 28.8 Å². The molecule has 156 valence electrons. The van der Waals surface area contributed by atoms with Crippen LogP contribution in [0.4, 0.5) is 0 Å². The lowest BCUT2D eigenvalue weighted by Gasteiger charge is -2.14. The second-order valence-corrected chi connectivity index (χ2v) is 6.52. The van der Waals surface area contributed by atoms with Gasteiger partial charge in [0, 0.05) is 11.6 Å². The molecule has 0 aromatic heterocycles. The first kappa shape index (κ1) is 21.0. The van der Waals surface area contributed by atoms with E-state index in [-0.39, 0.29) is 6.61 Å². The van der Waals surface area contributed by atoms with Crippen molar-refractivity contribution in [1.29, 1.82) is 0 Å². The van der Waals surface area contributed by atoms with E-state index in [1.54, 1.807) is 6.07 Å². The number of carbonyl (C=O) groups is 1. The molecule has 30 heavy (non-hydrogen) atoms. The number of carboxylic acid groups (broad SMARTS) is 1. The molecule has 0 saturated carbocycles. The van der Waals surface area contributed by atoms with Crippen molar-refractivity contribution >= 4 is 5.97 Å². The van der Waals surface area contributed by atoms with Crippen molar-refractivity contribution in [3.63, 3.8) is 0 Å². The summed E-state index contributed by atoms with van der Waals surface area (Å²) in [6, 6.07) is 22.5. The van der Waals surface area contributed by atoms with Crippen LogP contribution in [-0.4, -0.2) is 30.9 Å². The fourth-order valence-electron chi connectivity index (χ4n) is 2.82. The number of hydrogen-bond acceptors (Lipinski definition) is 5. The molecule has 0 spiro atoms. The molecule has 3 rings (SSSR count). The van der Waals surface area contributed by atoms with Crippen LogP contribution >= 0.6 is 0 Å². The van der Waals surface area contributed by atoms with Gasteiger partial charge in [-0.05, 0) is 36.8 Å². The Bertz CT molecular complexity index is 955. The van der Waals surface area contributed by atoms with Gasteiger partial charge in [0.15, 0.2) is 6.61 Å². The third-order valence-corrected chi connectivity index (χ3v) is 4.20. The Morgan fingerprint density at radius 3 is 2.13 bits per heavy atom. The first-order chi connectivity index (χ1) is 14.6. The molecule has 0 atom stereocenters. The van der Waals surface area contributed by atoms with Crippen molar-refractivity contribution in [3.05, 3.63) is 83.9 Å². The summed E-state index contributed by atoms with van der Waals surface area (Å²) in [6.07, 6.45) is 0. The van der Waals surface area contributed by atoms with Crippen LogP contribution in [0.25, 0.3) is 0 Å². The lowest BCUT2D eigenvalue weighted by Crippen LogP contribution is -2.12. The minimum atomic E-state index is -1.02. The van der Waals surface area contributed by atoms with E-state index in [4.69, 9.17) is 24.1 Å². The van der Waals surface area contributed by atoms with E-state index in [1.807, 2.05) is 73.7 Å². The van der Waals surface area contributed by atoms with Crippen molar-refractivity contribution in [3.8, 4) is 23.0 Å². The van der Waals surface area contributed by atoms with E-state index in [0.29, 0.717) is 30.5 Å². The number of ether oxygens (including phenoxy) is 4. The third-order valence-electron chi connectivity index (χ3n) is 4.20. The lowest BCUT2D eigenvalue weighted by atomic mass is 10.1. The summed E-state index contributed by atoms with van der Waals surface area (Å²) in [5.74, 6) is 1.63. The van der Waals surface area contributed by atoms with E-state index >= 15 is 0 Å². The largest absolute Gasteiger partial charge is 0.490 e. The van der Waals surface area contributed by atoms with Gasteiger partial charge in [-0.3, -0.25) is 0 Å². The number of aliphatic carboxylic acids is 1. The maximum absolute atomic E-state index is 10.8. The van der Waals surface area contributed by atoms with Crippen molar-refractivity contribution in [2.24, 2.45) is 0 Å². The van der Waals surface area contributed by atoms with Gasteiger partial charge in [0.2, 0.25) is 0 Å². The van der Waals surface area contributed by atoms with Crippen LogP contribution in [0, 0.1) is 6.92 Å². The molecule has 3 aromatic rings. The zero-order valence-electron chi connectivity index (χ0n) is 16.7. The number of rotatable bonds is 11. The Labute approximate surface area is 175 Å². The van der Waals surface area contributed by atoms with Crippen LogP contribution in [0.1, 0.15) is 11.1 Å². The minimum absolute atomic E-state index is 0.247. The fraction of sp³-hybridized carbons (Fsp3) is 0.208. The number of benzene rings is 3. The molecule has 3 aromatic carbocycles. The van der Waals surface area contributed by atoms with Gasteiger partial charge < -0.3 is 24.1 Å². The topological polar surface area (TPSA) is 74.2 Å². The number of hydrogen-bond donors (Lipinski definition) is 1. The molecule has 0 aliphatic carbocycles. The zero-order chi connectivity index (χ0) is 21.2. The molecule has 0 aliphatic heterocycles. The number of aryl methyl sites for hydroxylation is 1. The second kappa shape index (κ2) is 10.8. The van der Waals surface area contributed by atoms with Crippen LogP contribution < -0.4 is 18.9 Å². The summed E-state index contributed by atoms with van der Waals surface area (Å²) >= 11 is 0. The van der Waals surface area contributed by atoms with E-state index < -0.39 is 12.6 Å². The van der Waals surface area contributed by atoms with E-state index in [1.165, 1.54) is 0 Å². The monoisotopic (exact) mass is 408 g/mol. The predicted molar refractivity (Wildman–Crippen MR) is 113 cm³/mol. The maximum Gasteiger partial charge on any atom is 0.341 e. The molecule has 0 amide bonds. The normalized spacial score (nSPS) is 10.3. The molecule has 0 saturated heterocycles. The maximum atomic E-state index is 10.8. The smallest absolute Gasteiger partial charge is 0.341 e. The van der Waals surface area contributed by atoms with E-state index in [2.05, 4.69) is 0 Å². The van der Waals surface area contributed by atoms with Gasteiger partial charge in [-0.2, -0.15) is 0 Å². The highest BCUT2D eigenvalue weighted by Gasteiger charge is 2.10. The standard InChI is InChI=1S/C24H24O6/c1-18-7-5-8-19(24(18)30-17-23(25)26)16-29-22-12-6-11-21(15-22)28-14-13-27-20-9-3-2-4-10-20/h2-12,15H,13-14,16-17H2,1H3,(H,25,26). The van der Waals surface area contributed by atoms with Gasteiger partial charge in [0.05, 0.1) is 0 Å². The molecule has 1 N–H and O–H groups in total. The average Bonchev–Trinajstić information content (AvgIpc) is 2.75. The van der Waals surface area contributed by atoms with Gasteiger partial charge in [0.25, 0.3) is 0 Å². The highest BCUT2D eigenvalue weighted by atomic mass is 16.5. The fourth-order valence-corrected chi connectivity index (χ4v) is 2.82. The zero-order valence-corrected chi connectivity index (χ0v) is 16.7. The van der Waals surface area contributed by atoms with Gasteiger partial charge in [-0.15, -0.1) is 0 Å². The van der Waals surface area contributed by atoms with Crippen LogP contribution in [0.2, 0.25) is 0 Å². The van der Waals surface area contributed by atoms with Crippen molar-refractivity contribution in [1.82, 2.24) is 0 Å².